The van der Waals surface area contributed by atoms with E-state index in [4.69, 9.17) is 21.1 Å². The van der Waals surface area contributed by atoms with Crippen molar-refractivity contribution >= 4 is 46.3 Å². The third-order valence-corrected chi connectivity index (χ3v) is 5.37. The molecule has 0 unspecified atom stereocenters. The second-order valence-electron chi connectivity index (χ2n) is 6.74. The van der Waals surface area contributed by atoms with E-state index in [2.05, 4.69) is 52.2 Å². The first-order valence-electron chi connectivity index (χ1n) is 9.70. The van der Waals surface area contributed by atoms with Crippen LogP contribution in [0.3, 0.4) is 0 Å². The predicted octanol–water partition coefficient (Wildman–Crippen LogP) is 5.99. The van der Waals surface area contributed by atoms with Crippen molar-refractivity contribution < 1.29 is 14.3 Å². The van der Waals surface area contributed by atoms with Crippen molar-refractivity contribution in [2.45, 2.75) is 20.5 Å². The van der Waals surface area contributed by atoms with Crippen molar-refractivity contribution in [2.75, 3.05) is 6.61 Å². The van der Waals surface area contributed by atoms with E-state index < -0.39 is 0 Å². The normalized spacial score (nSPS) is 10.8. The molecule has 3 aromatic carbocycles. The second-order valence-corrected chi connectivity index (χ2v) is 8.34. The lowest BCUT2D eigenvalue weighted by atomic mass is 10.2. The van der Waals surface area contributed by atoms with Gasteiger partial charge in [-0.15, -0.1) is 0 Å². The fourth-order valence-electron chi connectivity index (χ4n) is 2.74. The van der Waals surface area contributed by atoms with Gasteiger partial charge in [0.2, 0.25) is 0 Å². The van der Waals surface area contributed by atoms with Crippen LogP contribution in [0.25, 0.3) is 0 Å². The van der Waals surface area contributed by atoms with Crippen LogP contribution < -0.4 is 14.9 Å². The second kappa shape index (κ2) is 11.2. The summed E-state index contributed by atoms with van der Waals surface area (Å²) in [4.78, 5) is 12.2. The zero-order chi connectivity index (χ0) is 22.2. The minimum absolute atomic E-state index is 0.314. The number of nitrogens with one attached hydrogen (secondary N) is 1. The number of halogens is 2. The van der Waals surface area contributed by atoms with E-state index in [-0.39, 0.29) is 5.91 Å². The van der Waals surface area contributed by atoms with Gasteiger partial charge >= 0.3 is 0 Å². The molecule has 0 saturated heterocycles. The summed E-state index contributed by atoms with van der Waals surface area (Å²) in [5.74, 6) is 1.00. The van der Waals surface area contributed by atoms with Crippen molar-refractivity contribution in [3.05, 3.63) is 91.5 Å². The molecule has 0 aliphatic rings. The van der Waals surface area contributed by atoms with Crippen molar-refractivity contribution in [1.82, 2.24) is 5.43 Å². The van der Waals surface area contributed by atoms with Crippen molar-refractivity contribution in [2.24, 2.45) is 5.10 Å². The molecule has 0 radical (unpaired) electrons. The van der Waals surface area contributed by atoms with Gasteiger partial charge in [-0.1, -0.05) is 41.4 Å². The first-order chi connectivity index (χ1) is 15.0. The van der Waals surface area contributed by atoms with Gasteiger partial charge in [-0.05, 0) is 84.0 Å². The van der Waals surface area contributed by atoms with Gasteiger partial charge in [0, 0.05) is 10.6 Å². The summed E-state index contributed by atoms with van der Waals surface area (Å²) in [5, 5.41) is 4.63. The molecule has 0 aliphatic carbocycles. The molecule has 0 aliphatic heterocycles. The lowest BCUT2D eigenvalue weighted by molar-refractivity contribution is 0.0955. The zero-order valence-corrected chi connectivity index (χ0v) is 20.1. The van der Waals surface area contributed by atoms with Crippen LogP contribution in [0.2, 0.25) is 5.02 Å². The summed E-state index contributed by atoms with van der Waals surface area (Å²) in [7, 11) is 0. The van der Waals surface area contributed by atoms with E-state index in [9.17, 15) is 4.79 Å². The van der Waals surface area contributed by atoms with E-state index in [1.807, 2.05) is 31.2 Å². The lowest BCUT2D eigenvalue weighted by Crippen LogP contribution is -2.17. The molecular formula is C24H22ClIN2O3. The largest absolute Gasteiger partial charge is 0.490 e. The van der Waals surface area contributed by atoms with Gasteiger partial charge in [0.15, 0.2) is 11.5 Å². The number of carbonyl (C=O) groups is 1. The summed E-state index contributed by atoms with van der Waals surface area (Å²) in [6, 6.07) is 18.6. The Hall–Kier alpha value is -2.58. The fourth-order valence-corrected chi connectivity index (χ4v) is 3.64. The third-order valence-electron chi connectivity index (χ3n) is 4.32. The van der Waals surface area contributed by atoms with Crippen LogP contribution in [0, 0.1) is 10.5 Å². The molecule has 1 N–H and O–H groups in total. The minimum Gasteiger partial charge on any atom is -0.490 e. The summed E-state index contributed by atoms with van der Waals surface area (Å²) < 4.78 is 12.7. The number of benzene rings is 3. The molecule has 3 aromatic rings. The van der Waals surface area contributed by atoms with E-state index in [0.717, 1.165) is 14.7 Å². The van der Waals surface area contributed by atoms with Crippen LogP contribution in [0.15, 0.2) is 65.8 Å². The Balaban J connectivity index is 1.71. The summed E-state index contributed by atoms with van der Waals surface area (Å²) in [6.07, 6.45) is 1.57. The Morgan fingerprint density at radius 2 is 1.81 bits per heavy atom. The Morgan fingerprint density at radius 1 is 1.10 bits per heavy atom. The quantitative estimate of drug-likeness (QED) is 0.214. The number of rotatable bonds is 8. The monoisotopic (exact) mass is 548 g/mol. The first kappa shape index (κ1) is 23.1. The van der Waals surface area contributed by atoms with E-state index in [0.29, 0.717) is 35.3 Å². The summed E-state index contributed by atoms with van der Waals surface area (Å²) in [5.41, 5.74) is 6.07. The van der Waals surface area contributed by atoms with Gasteiger partial charge in [0.05, 0.1) is 16.4 Å². The molecule has 3 rings (SSSR count). The molecular weight excluding hydrogens is 527 g/mol. The molecule has 5 nitrogen and oxygen atoms in total. The third kappa shape index (κ3) is 6.70. The molecule has 0 heterocycles. The van der Waals surface area contributed by atoms with Crippen molar-refractivity contribution in [1.29, 1.82) is 0 Å². The highest BCUT2D eigenvalue weighted by molar-refractivity contribution is 14.1. The van der Waals surface area contributed by atoms with E-state index in [1.54, 1.807) is 30.5 Å². The molecule has 0 atom stereocenters. The number of amides is 1. The maximum atomic E-state index is 12.2. The topological polar surface area (TPSA) is 59.9 Å². The Bertz CT molecular complexity index is 1070. The maximum Gasteiger partial charge on any atom is 0.271 e. The number of hydrazone groups is 1. The lowest BCUT2D eigenvalue weighted by Gasteiger charge is -2.15. The average Bonchev–Trinajstić information content (AvgIpc) is 2.75. The standard InChI is InChI=1S/C24H22ClIN2O3/c1-3-30-22-13-18(14-27-28-24(29)19-8-10-20(25)11-9-19)12-21(26)23(22)31-15-17-6-4-16(2)5-7-17/h4-14H,3,15H2,1-2H3,(H,28,29)/b27-14-. The SMILES string of the molecule is CCOc1cc(/C=N\NC(=O)c2ccc(Cl)cc2)cc(I)c1OCc1ccc(C)cc1. The predicted molar refractivity (Wildman–Crippen MR) is 132 cm³/mol. The minimum atomic E-state index is -0.314. The number of nitrogens with zero attached hydrogens (tertiary/aromatic N) is 1. The molecule has 160 valence electrons. The van der Waals surface area contributed by atoms with Crippen LogP contribution in [0.1, 0.15) is 34.0 Å². The van der Waals surface area contributed by atoms with Crippen LogP contribution in [0.4, 0.5) is 0 Å². The first-order valence-corrected chi connectivity index (χ1v) is 11.2. The highest BCUT2D eigenvalue weighted by Gasteiger charge is 2.12. The smallest absolute Gasteiger partial charge is 0.271 e. The van der Waals surface area contributed by atoms with Gasteiger partial charge in [0.25, 0.3) is 5.91 Å². The number of hydrogen-bond donors (Lipinski definition) is 1. The molecule has 1 amide bonds. The van der Waals surface area contributed by atoms with E-state index in [1.165, 1.54) is 5.56 Å². The highest BCUT2D eigenvalue weighted by Crippen LogP contribution is 2.34. The van der Waals surface area contributed by atoms with Crippen LogP contribution in [0.5, 0.6) is 11.5 Å². The Kier molecular flexibility index (Phi) is 8.31. The zero-order valence-electron chi connectivity index (χ0n) is 17.2. The van der Waals surface area contributed by atoms with Crippen LogP contribution in [-0.4, -0.2) is 18.7 Å². The number of carbonyl (C=O) groups excluding carboxylic acids is 1. The molecule has 0 fully saturated rings. The molecule has 0 saturated carbocycles. The van der Waals surface area contributed by atoms with Gasteiger partial charge in [-0.2, -0.15) is 5.10 Å². The summed E-state index contributed by atoms with van der Waals surface area (Å²) >= 11 is 8.06. The van der Waals surface area contributed by atoms with Gasteiger partial charge in [-0.3, -0.25) is 4.79 Å². The Labute approximate surface area is 200 Å². The van der Waals surface area contributed by atoms with Crippen molar-refractivity contribution in [3.8, 4) is 11.5 Å². The van der Waals surface area contributed by atoms with Gasteiger partial charge in [-0.25, -0.2) is 5.43 Å². The fraction of sp³-hybridized carbons (Fsp3) is 0.167. The van der Waals surface area contributed by atoms with Crippen LogP contribution in [-0.2, 0) is 6.61 Å². The molecule has 7 heteroatoms. The molecule has 31 heavy (non-hydrogen) atoms. The van der Waals surface area contributed by atoms with Gasteiger partial charge in [0.1, 0.15) is 6.61 Å². The molecule has 0 bridgehead atoms. The number of aryl methyl sites for hydroxylation is 1. The Morgan fingerprint density at radius 3 is 2.48 bits per heavy atom. The average molecular weight is 549 g/mol. The molecule has 0 spiro atoms. The van der Waals surface area contributed by atoms with Crippen molar-refractivity contribution in [3.63, 3.8) is 0 Å². The number of ether oxygens (including phenoxy) is 2. The number of hydrogen-bond acceptors (Lipinski definition) is 4. The highest BCUT2D eigenvalue weighted by atomic mass is 127. The molecule has 0 aromatic heterocycles. The maximum absolute atomic E-state index is 12.2. The summed E-state index contributed by atoms with van der Waals surface area (Å²) in [6.45, 7) is 4.93. The van der Waals surface area contributed by atoms with Crippen LogP contribution >= 0.6 is 34.2 Å². The van der Waals surface area contributed by atoms with E-state index >= 15 is 0 Å². The van der Waals surface area contributed by atoms with Gasteiger partial charge < -0.3 is 9.47 Å².